The fraction of sp³-hybridized carbons (Fsp3) is 0.556. The minimum Gasteiger partial charge on any atom is -0.496 e. The highest BCUT2D eigenvalue weighted by Crippen LogP contribution is 2.32. The molecule has 8 heteroatoms. The van der Waals surface area contributed by atoms with Crippen LogP contribution in [0.25, 0.3) is 0 Å². The van der Waals surface area contributed by atoms with E-state index < -0.39 is 0 Å². The van der Waals surface area contributed by atoms with Gasteiger partial charge in [-0.1, -0.05) is 30.5 Å². The lowest BCUT2D eigenvalue weighted by atomic mass is 9.80. The summed E-state index contributed by atoms with van der Waals surface area (Å²) in [5.74, 6) is 2.34. The predicted molar refractivity (Wildman–Crippen MR) is 139 cm³/mol. The number of amides is 1. The van der Waals surface area contributed by atoms with Gasteiger partial charge in [-0.2, -0.15) is 0 Å². The molecule has 1 unspecified atom stereocenters. The van der Waals surface area contributed by atoms with E-state index in [1.165, 1.54) is 12.8 Å². The smallest absolute Gasteiger partial charge is 0.252 e. The van der Waals surface area contributed by atoms with Crippen LogP contribution < -0.4 is 15.4 Å². The number of aliphatic hydroxyl groups is 1. The Labute approximate surface area is 213 Å². The summed E-state index contributed by atoms with van der Waals surface area (Å²) < 4.78 is 10.7. The SMILES string of the molecule is COCCC1CCC(CNC(=O)c2cnc(NC(C)c3cc(CCO)ccc3OC)c(Cl)c2)CC1. The van der Waals surface area contributed by atoms with Crippen molar-refractivity contribution in [2.24, 2.45) is 11.8 Å². The summed E-state index contributed by atoms with van der Waals surface area (Å²) in [6.45, 7) is 3.57. The number of aliphatic hydroxyl groups excluding tert-OH is 1. The molecule has 35 heavy (non-hydrogen) atoms. The van der Waals surface area contributed by atoms with Crippen LogP contribution >= 0.6 is 11.6 Å². The van der Waals surface area contributed by atoms with Gasteiger partial charge in [-0.25, -0.2) is 4.98 Å². The van der Waals surface area contributed by atoms with Crippen molar-refractivity contribution in [3.05, 3.63) is 52.2 Å². The molecule has 1 amide bonds. The third-order valence-electron chi connectivity index (χ3n) is 6.87. The monoisotopic (exact) mass is 503 g/mol. The van der Waals surface area contributed by atoms with E-state index in [0.29, 0.717) is 35.3 Å². The maximum Gasteiger partial charge on any atom is 0.252 e. The molecule has 3 rings (SSSR count). The average Bonchev–Trinajstić information content (AvgIpc) is 2.87. The van der Waals surface area contributed by atoms with E-state index in [1.54, 1.807) is 26.5 Å². The molecule has 1 heterocycles. The highest BCUT2D eigenvalue weighted by atomic mass is 35.5. The van der Waals surface area contributed by atoms with E-state index in [1.807, 2.05) is 25.1 Å². The lowest BCUT2D eigenvalue weighted by Crippen LogP contribution is -2.31. The first-order valence-electron chi connectivity index (χ1n) is 12.4. The molecule has 0 aliphatic heterocycles. The summed E-state index contributed by atoms with van der Waals surface area (Å²) in [7, 11) is 3.38. The van der Waals surface area contributed by atoms with Crippen LogP contribution in [0.1, 0.15) is 66.6 Å². The number of benzene rings is 1. The number of methoxy groups -OCH3 is 2. The molecule has 1 saturated carbocycles. The van der Waals surface area contributed by atoms with Crippen LogP contribution in [0, 0.1) is 11.8 Å². The standard InChI is InChI=1S/C27H38ClN3O4/c1-18(23-14-20(10-12-32)8-9-25(23)35-3)31-26-24(28)15-22(17-29-26)27(33)30-16-21-6-4-19(5-7-21)11-13-34-2/h8-9,14-15,17-19,21,32H,4-7,10-13,16H2,1-3H3,(H,29,31)(H,30,33). The number of aromatic nitrogens is 1. The Bertz CT molecular complexity index is 963. The molecule has 1 fully saturated rings. The van der Waals surface area contributed by atoms with Crippen molar-refractivity contribution in [3.8, 4) is 5.75 Å². The van der Waals surface area contributed by atoms with Crippen LogP contribution in [0.5, 0.6) is 5.75 Å². The second kappa shape index (κ2) is 13.7. The van der Waals surface area contributed by atoms with Gasteiger partial charge in [0.25, 0.3) is 5.91 Å². The topological polar surface area (TPSA) is 92.7 Å². The van der Waals surface area contributed by atoms with Gasteiger partial charge in [0, 0.05) is 38.6 Å². The van der Waals surface area contributed by atoms with Gasteiger partial charge in [-0.15, -0.1) is 0 Å². The molecule has 1 aromatic heterocycles. The van der Waals surface area contributed by atoms with Gasteiger partial charge in [-0.05, 0) is 68.2 Å². The van der Waals surface area contributed by atoms with Crippen molar-refractivity contribution < 1.29 is 19.4 Å². The summed E-state index contributed by atoms with van der Waals surface area (Å²) >= 11 is 6.49. The van der Waals surface area contributed by atoms with Gasteiger partial charge in [0.2, 0.25) is 0 Å². The zero-order chi connectivity index (χ0) is 25.2. The first-order valence-corrected chi connectivity index (χ1v) is 12.8. The summed E-state index contributed by atoms with van der Waals surface area (Å²) in [6, 6.07) is 7.35. The van der Waals surface area contributed by atoms with Crippen LogP contribution in [-0.4, -0.2) is 50.0 Å². The number of nitrogens with one attached hydrogen (secondary N) is 2. The number of rotatable bonds is 12. The van der Waals surface area contributed by atoms with Crippen molar-refractivity contribution in [3.63, 3.8) is 0 Å². The van der Waals surface area contributed by atoms with Gasteiger partial charge in [0.1, 0.15) is 11.6 Å². The molecule has 192 valence electrons. The molecule has 0 saturated heterocycles. The molecule has 1 aromatic carbocycles. The highest BCUT2D eigenvalue weighted by Gasteiger charge is 2.22. The highest BCUT2D eigenvalue weighted by molar-refractivity contribution is 6.33. The van der Waals surface area contributed by atoms with Gasteiger partial charge >= 0.3 is 0 Å². The molecule has 3 N–H and O–H groups in total. The third kappa shape index (κ3) is 7.82. The van der Waals surface area contributed by atoms with Gasteiger partial charge in [0.15, 0.2) is 0 Å². The molecule has 2 aromatic rings. The second-order valence-electron chi connectivity index (χ2n) is 9.35. The fourth-order valence-electron chi connectivity index (χ4n) is 4.71. The number of hydrogen-bond acceptors (Lipinski definition) is 6. The van der Waals surface area contributed by atoms with Crippen LogP contribution in [0.15, 0.2) is 30.5 Å². The fourth-order valence-corrected chi connectivity index (χ4v) is 4.93. The minimum absolute atomic E-state index is 0.0835. The zero-order valence-electron chi connectivity index (χ0n) is 21.0. The van der Waals surface area contributed by atoms with Crippen molar-refractivity contribution in [2.45, 2.75) is 51.5 Å². The quantitative estimate of drug-likeness (QED) is 0.376. The Morgan fingerprint density at radius 1 is 1.20 bits per heavy atom. The van der Waals surface area contributed by atoms with Crippen LogP contribution in [0.3, 0.4) is 0 Å². The van der Waals surface area contributed by atoms with Crippen molar-refractivity contribution in [2.75, 3.05) is 39.3 Å². The Morgan fingerprint density at radius 2 is 1.94 bits per heavy atom. The van der Waals surface area contributed by atoms with Gasteiger partial charge in [-0.3, -0.25) is 4.79 Å². The number of halogens is 1. The number of hydrogen-bond donors (Lipinski definition) is 3. The number of pyridine rings is 1. The molecule has 0 spiro atoms. The third-order valence-corrected chi connectivity index (χ3v) is 7.15. The molecule has 1 aliphatic rings. The minimum atomic E-state index is -0.154. The zero-order valence-corrected chi connectivity index (χ0v) is 21.7. The van der Waals surface area contributed by atoms with E-state index in [9.17, 15) is 9.90 Å². The number of ether oxygens (including phenoxy) is 2. The van der Waals surface area contributed by atoms with Crippen molar-refractivity contribution in [1.29, 1.82) is 0 Å². The Balaban J connectivity index is 1.56. The molecule has 7 nitrogen and oxygen atoms in total. The van der Waals surface area contributed by atoms with Crippen LogP contribution in [0.4, 0.5) is 5.82 Å². The largest absolute Gasteiger partial charge is 0.496 e. The van der Waals surface area contributed by atoms with Crippen LogP contribution in [0.2, 0.25) is 5.02 Å². The predicted octanol–water partition coefficient (Wildman–Crippen LogP) is 5.02. The number of anilines is 1. The number of carbonyl (C=O) groups is 1. The van der Waals surface area contributed by atoms with Crippen molar-refractivity contribution in [1.82, 2.24) is 10.3 Å². The maximum absolute atomic E-state index is 12.7. The normalized spacial score (nSPS) is 18.7. The Morgan fingerprint density at radius 3 is 2.60 bits per heavy atom. The number of nitrogens with zero attached hydrogens (tertiary/aromatic N) is 1. The summed E-state index contributed by atoms with van der Waals surface area (Å²) in [6.07, 6.45) is 7.92. The Hall–Kier alpha value is -2.35. The second-order valence-corrected chi connectivity index (χ2v) is 9.76. The molecule has 1 aliphatic carbocycles. The summed E-state index contributed by atoms with van der Waals surface area (Å²) in [5, 5.41) is 16.0. The van der Waals surface area contributed by atoms with Gasteiger partial charge in [0.05, 0.1) is 23.7 Å². The molecule has 0 bridgehead atoms. The molecular weight excluding hydrogens is 466 g/mol. The maximum atomic E-state index is 12.7. The molecule has 0 radical (unpaired) electrons. The van der Waals surface area contributed by atoms with E-state index in [2.05, 4.69) is 15.6 Å². The van der Waals surface area contributed by atoms with Crippen LogP contribution in [-0.2, 0) is 11.2 Å². The van der Waals surface area contributed by atoms with Gasteiger partial charge < -0.3 is 25.2 Å². The molecule has 1 atom stereocenters. The van der Waals surface area contributed by atoms with E-state index in [4.69, 9.17) is 21.1 Å². The molecular formula is C27H38ClN3O4. The van der Waals surface area contributed by atoms with E-state index in [-0.39, 0.29) is 18.6 Å². The first-order chi connectivity index (χ1) is 16.9. The van der Waals surface area contributed by atoms with E-state index >= 15 is 0 Å². The Kier molecular flexibility index (Phi) is 10.6. The first kappa shape index (κ1) is 27.2. The number of carbonyl (C=O) groups excluding carboxylic acids is 1. The lowest BCUT2D eigenvalue weighted by Gasteiger charge is -2.28. The van der Waals surface area contributed by atoms with Crippen molar-refractivity contribution >= 4 is 23.3 Å². The lowest BCUT2D eigenvalue weighted by molar-refractivity contribution is 0.0939. The summed E-state index contributed by atoms with van der Waals surface area (Å²) in [5.41, 5.74) is 2.41. The average molecular weight is 504 g/mol. The summed E-state index contributed by atoms with van der Waals surface area (Å²) in [4.78, 5) is 17.1. The van der Waals surface area contributed by atoms with E-state index in [0.717, 1.165) is 48.7 Å².